The van der Waals surface area contributed by atoms with Gasteiger partial charge in [-0.25, -0.2) is 18.0 Å². The van der Waals surface area contributed by atoms with E-state index >= 15 is 0 Å². The highest BCUT2D eigenvalue weighted by atomic mass is 35.5. The summed E-state index contributed by atoms with van der Waals surface area (Å²) in [5.41, 5.74) is 4.77. The van der Waals surface area contributed by atoms with Crippen molar-refractivity contribution in [3.8, 4) is 5.75 Å². The van der Waals surface area contributed by atoms with Crippen LogP contribution in [0.1, 0.15) is 32.5 Å². The molecule has 0 spiro atoms. The molecule has 3 aromatic rings. The van der Waals surface area contributed by atoms with Crippen molar-refractivity contribution in [1.29, 1.82) is 0 Å². The molecule has 0 saturated heterocycles. The third-order valence-corrected chi connectivity index (χ3v) is 5.48. The van der Waals surface area contributed by atoms with Crippen molar-refractivity contribution >= 4 is 44.9 Å². The molecule has 0 aliphatic carbocycles. The van der Waals surface area contributed by atoms with E-state index in [1.165, 1.54) is 6.07 Å². The standard InChI is InChI=1S/C19H13ClF3NO4S/c1-2-27-19(26)16-9(14-10(20)3-4-11(21)17(14)29-16)7-28-15-12(22)5-8(18(24)25)6-13(15)23/h3-6H,2,7H2,1H3,(H2,24,25). The van der Waals surface area contributed by atoms with E-state index in [4.69, 9.17) is 26.8 Å². The van der Waals surface area contributed by atoms with E-state index in [1.807, 2.05) is 0 Å². The molecule has 0 bridgehead atoms. The fourth-order valence-electron chi connectivity index (χ4n) is 2.67. The molecular formula is C19H13ClF3NO4S. The highest BCUT2D eigenvalue weighted by molar-refractivity contribution is 7.21. The van der Waals surface area contributed by atoms with E-state index in [0.29, 0.717) is 0 Å². The number of fused-ring (bicyclic) bond motifs is 1. The van der Waals surface area contributed by atoms with E-state index in [9.17, 15) is 22.8 Å². The SMILES string of the molecule is CCOC(=O)c1sc2c(F)ccc(Cl)c2c1COc1c(F)cc(C(N)=O)cc1F. The molecule has 0 fully saturated rings. The van der Waals surface area contributed by atoms with E-state index in [0.717, 1.165) is 29.5 Å². The Balaban J connectivity index is 2.06. The highest BCUT2D eigenvalue weighted by Crippen LogP contribution is 2.39. The van der Waals surface area contributed by atoms with Crippen LogP contribution in [0.2, 0.25) is 5.02 Å². The van der Waals surface area contributed by atoms with Gasteiger partial charge in [0.25, 0.3) is 0 Å². The lowest BCUT2D eigenvalue weighted by molar-refractivity contribution is 0.0529. The van der Waals surface area contributed by atoms with Gasteiger partial charge in [-0.05, 0) is 31.2 Å². The molecule has 0 radical (unpaired) electrons. The molecule has 2 aromatic carbocycles. The number of carbonyl (C=O) groups is 2. The van der Waals surface area contributed by atoms with Gasteiger partial charge in [-0.3, -0.25) is 4.79 Å². The van der Waals surface area contributed by atoms with E-state index in [1.54, 1.807) is 6.92 Å². The van der Waals surface area contributed by atoms with Gasteiger partial charge in [0.05, 0.1) is 11.3 Å². The minimum absolute atomic E-state index is 0.00317. The van der Waals surface area contributed by atoms with Gasteiger partial charge in [-0.2, -0.15) is 0 Å². The molecule has 0 unspecified atom stereocenters. The van der Waals surface area contributed by atoms with E-state index in [2.05, 4.69) is 0 Å². The number of benzene rings is 2. The second kappa shape index (κ2) is 8.30. The third-order valence-electron chi connectivity index (χ3n) is 3.94. The number of hydrogen-bond donors (Lipinski definition) is 1. The van der Waals surface area contributed by atoms with Gasteiger partial charge in [0.15, 0.2) is 17.4 Å². The van der Waals surface area contributed by atoms with Crippen molar-refractivity contribution < 1.29 is 32.2 Å². The van der Waals surface area contributed by atoms with Crippen LogP contribution in [-0.4, -0.2) is 18.5 Å². The summed E-state index contributed by atoms with van der Waals surface area (Å²) in [7, 11) is 0. The molecule has 29 heavy (non-hydrogen) atoms. The van der Waals surface area contributed by atoms with Crippen molar-refractivity contribution in [2.75, 3.05) is 6.61 Å². The quantitative estimate of drug-likeness (QED) is 0.554. The molecule has 0 atom stereocenters. The zero-order valence-corrected chi connectivity index (χ0v) is 16.4. The van der Waals surface area contributed by atoms with Gasteiger partial charge in [-0.15, -0.1) is 11.3 Å². The Morgan fingerprint density at radius 3 is 2.38 bits per heavy atom. The van der Waals surface area contributed by atoms with Crippen LogP contribution in [0.25, 0.3) is 10.1 Å². The summed E-state index contributed by atoms with van der Waals surface area (Å²) in [6.45, 7) is 1.17. The number of ether oxygens (including phenoxy) is 2. The lowest BCUT2D eigenvalue weighted by Gasteiger charge is -2.11. The van der Waals surface area contributed by atoms with Crippen molar-refractivity contribution in [2.24, 2.45) is 5.73 Å². The van der Waals surface area contributed by atoms with Crippen molar-refractivity contribution in [3.63, 3.8) is 0 Å². The van der Waals surface area contributed by atoms with Crippen LogP contribution in [0.3, 0.4) is 0 Å². The summed E-state index contributed by atoms with van der Waals surface area (Å²) in [5, 5.41) is 0.325. The normalized spacial score (nSPS) is 10.9. The zero-order valence-electron chi connectivity index (χ0n) is 14.9. The maximum atomic E-state index is 14.2. The first kappa shape index (κ1) is 20.9. The number of esters is 1. The minimum atomic E-state index is -1.16. The Labute approximate surface area is 171 Å². The van der Waals surface area contributed by atoms with Crippen LogP contribution in [0.4, 0.5) is 13.2 Å². The lowest BCUT2D eigenvalue weighted by atomic mass is 10.1. The average molecular weight is 444 g/mol. The first-order valence-electron chi connectivity index (χ1n) is 8.22. The fourth-order valence-corrected chi connectivity index (χ4v) is 4.13. The van der Waals surface area contributed by atoms with Crippen LogP contribution in [0, 0.1) is 17.5 Å². The van der Waals surface area contributed by atoms with Gasteiger partial charge in [0, 0.05) is 21.5 Å². The Morgan fingerprint density at radius 2 is 1.79 bits per heavy atom. The molecule has 2 N–H and O–H groups in total. The first-order valence-corrected chi connectivity index (χ1v) is 9.42. The topological polar surface area (TPSA) is 78.6 Å². The molecule has 0 saturated carbocycles. The van der Waals surface area contributed by atoms with Crippen LogP contribution in [-0.2, 0) is 11.3 Å². The predicted molar refractivity (Wildman–Crippen MR) is 102 cm³/mol. The molecule has 1 amide bonds. The predicted octanol–water partition coefficient (Wildman–Crippen LogP) is 4.83. The number of amides is 1. The van der Waals surface area contributed by atoms with Crippen LogP contribution in [0.5, 0.6) is 5.75 Å². The average Bonchev–Trinajstić information content (AvgIpc) is 3.05. The van der Waals surface area contributed by atoms with Crippen molar-refractivity contribution in [3.05, 3.63) is 62.7 Å². The molecule has 1 aromatic heterocycles. The Kier molecular flexibility index (Phi) is 5.99. The maximum Gasteiger partial charge on any atom is 0.348 e. The summed E-state index contributed by atoms with van der Waals surface area (Å²) >= 11 is 6.96. The molecule has 10 heteroatoms. The first-order chi connectivity index (χ1) is 13.7. The number of carbonyl (C=O) groups excluding carboxylic acids is 2. The zero-order chi connectivity index (χ0) is 21.3. The largest absolute Gasteiger partial charge is 0.483 e. The van der Waals surface area contributed by atoms with Gasteiger partial charge < -0.3 is 15.2 Å². The second-order valence-corrected chi connectivity index (χ2v) is 7.21. The summed E-state index contributed by atoms with van der Waals surface area (Å²) < 4.78 is 52.9. The number of hydrogen-bond acceptors (Lipinski definition) is 5. The third kappa shape index (κ3) is 4.01. The summed E-state index contributed by atoms with van der Waals surface area (Å²) in [5.74, 6) is -5.47. The molecule has 0 aliphatic heterocycles. The Bertz CT molecular complexity index is 1110. The van der Waals surface area contributed by atoms with E-state index in [-0.39, 0.29) is 37.7 Å². The minimum Gasteiger partial charge on any atom is -0.483 e. The van der Waals surface area contributed by atoms with Crippen LogP contribution >= 0.6 is 22.9 Å². The maximum absolute atomic E-state index is 14.2. The van der Waals surface area contributed by atoms with Gasteiger partial charge in [0.2, 0.25) is 5.91 Å². The number of nitrogens with two attached hydrogens (primary N) is 1. The summed E-state index contributed by atoms with van der Waals surface area (Å²) in [6.07, 6.45) is 0. The van der Waals surface area contributed by atoms with Gasteiger partial charge in [0.1, 0.15) is 17.3 Å². The monoisotopic (exact) mass is 443 g/mol. The molecule has 5 nitrogen and oxygen atoms in total. The summed E-state index contributed by atoms with van der Waals surface area (Å²) in [4.78, 5) is 23.4. The lowest BCUT2D eigenvalue weighted by Crippen LogP contribution is -2.13. The van der Waals surface area contributed by atoms with Crippen LogP contribution in [0.15, 0.2) is 24.3 Å². The molecular weight excluding hydrogens is 431 g/mol. The molecule has 1 heterocycles. The number of rotatable bonds is 6. The number of halogens is 4. The number of thiophene rings is 1. The molecule has 3 rings (SSSR count). The second-order valence-electron chi connectivity index (χ2n) is 5.79. The Hall–Kier alpha value is -2.78. The smallest absolute Gasteiger partial charge is 0.348 e. The fraction of sp³-hybridized carbons (Fsp3) is 0.158. The van der Waals surface area contributed by atoms with Crippen molar-refractivity contribution in [1.82, 2.24) is 0 Å². The van der Waals surface area contributed by atoms with Gasteiger partial charge in [-0.1, -0.05) is 11.6 Å². The number of primary amides is 1. The van der Waals surface area contributed by atoms with Crippen molar-refractivity contribution in [2.45, 2.75) is 13.5 Å². The van der Waals surface area contributed by atoms with Crippen LogP contribution < -0.4 is 10.5 Å². The molecule has 152 valence electrons. The summed E-state index contributed by atoms with van der Waals surface area (Å²) in [6, 6.07) is 3.90. The van der Waals surface area contributed by atoms with Gasteiger partial charge >= 0.3 is 5.97 Å². The molecule has 0 aliphatic rings. The van der Waals surface area contributed by atoms with E-state index < -0.39 is 41.7 Å². The Morgan fingerprint density at radius 1 is 1.14 bits per heavy atom. The highest BCUT2D eigenvalue weighted by Gasteiger charge is 2.25.